The number of ether oxygens (including phenoxy) is 4. The molecule has 1 N–H and O–H groups in total. The van der Waals surface area contributed by atoms with E-state index in [0.717, 1.165) is 0 Å². The number of benzene rings is 1. The van der Waals surface area contributed by atoms with Gasteiger partial charge in [-0.15, -0.1) is 0 Å². The average Bonchev–Trinajstić information content (AvgIpc) is 2.98. The van der Waals surface area contributed by atoms with Gasteiger partial charge in [0, 0.05) is 6.04 Å². The van der Waals surface area contributed by atoms with Crippen LogP contribution in [0.25, 0.3) is 0 Å². The van der Waals surface area contributed by atoms with Crippen molar-refractivity contribution in [3.05, 3.63) is 17.7 Å². The van der Waals surface area contributed by atoms with Gasteiger partial charge >= 0.3 is 5.97 Å². The lowest BCUT2D eigenvalue weighted by molar-refractivity contribution is -0.129. The van der Waals surface area contributed by atoms with Gasteiger partial charge in [0.1, 0.15) is 13.2 Å². The van der Waals surface area contributed by atoms with Crippen LogP contribution in [0.5, 0.6) is 17.2 Å². The van der Waals surface area contributed by atoms with E-state index >= 15 is 0 Å². The Hall–Kier alpha value is -2.49. The third-order valence-corrected chi connectivity index (χ3v) is 6.06. The molecule has 1 aromatic carbocycles. The van der Waals surface area contributed by atoms with E-state index in [2.05, 4.69) is 5.32 Å². The van der Waals surface area contributed by atoms with Crippen LogP contribution in [0.1, 0.15) is 23.7 Å². The predicted molar refractivity (Wildman–Crippen MR) is 94.1 cm³/mol. The molecule has 0 saturated carbocycles. The molecule has 0 bridgehead atoms. The molecule has 0 radical (unpaired) electrons. The van der Waals surface area contributed by atoms with Gasteiger partial charge in [0.2, 0.25) is 5.75 Å². The van der Waals surface area contributed by atoms with Crippen LogP contribution in [0, 0.1) is 0 Å². The maximum Gasteiger partial charge on any atom is 0.339 e. The number of carbonyl (C=O) groups is 2. The van der Waals surface area contributed by atoms with E-state index in [1.807, 2.05) is 0 Å². The van der Waals surface area contributed by atoms with Gasteiger partial charge < -0.3 is 24.3 Å². The molecule has 1 saturated heterocycles. The standard InChI is InChI=1S/C17H21NO8S/c1-10(16(19)18-12-3-6-27(21,22)9-12)26-17(20)11-7-13(23-2)15-14(8-11)24-4-5-25-15/h7-8,10,12H,3-6,9H2,1-2H3,(H,18,19)/t10-,12+/m1/s1. The molecule has 3 rings (SSSR count). The zero-order valence-corrected chi connectivity index (χ0v) is 15.8. The molecule has 0 aliphatic carbocycles. The van der Waals surface area contributed by atoms with Crippen molar-refractivity contribution >= 4 is 21.7 Å². The van der Waals surface area contributed by atoms with Crippen molar-refractivity contribution in [2.75, 3.05) is 31.8 Å². The van der Waals surface area contributed by atoms with Crippen LogP contribution in [-0.4, -0.2) is 64.3 Å². The number of carbonyl (C=O) groups excluding carboxylic acids is 2. The first kappa shape index (κ1) is 19.3. The highest BCUT2D eigenvalue weighted by Gasteiger charge is 2.31. The number of esters is 1. The SMILES string of the molecule is COc1cc(C(=O)O[C@H](C)C(=O)N[C@H]2CCS(=O)(=O)C2)cc2c1OCCO2. The van der Waals surface area contributed by atoms with Gasteiger partial charge in [0.15, 0.2) is 27.4 Å². The van der Waals surface area contributed by atoms with Gasteiger partial charge in [-0.1, -0.05) is 0 Å². The monoisotopic (exact) mass is 399 g/mol. The van der Waals surface area contributed by atoms with Gasteiger partial charge in [-0.2, -0.15) is 0 Å². The fraction of sp³-hybridized carbons (Fsp3) is 0.529. The van der Waals surface area contributed by atoms with E-state index in [9.17, 15) is 18.0 Å². The summed E-state index contributed by atoms with van der Waals surface area (Å²) in [5, 5.41) is 2.60. The van der Waals surface area contributed by atoms with Crippen LogP contribution in [0.3, 0.4) is 0 Å². The number of hydrogen-bond donors (Lipinski definition) is 1. The van der Waals surface area contributed by atoms with Gasteiger partial charge in [-0.25, -0.2) is 13.2 Å². The summed E-state index contributed by atoms with van der Waals surface area (Å²) in [5.41, 5.74) is 0.152. The Morgan fingerprint density at radius 1 is 1.26 bits per heavy atom. The topological polar surface area (TPSA) is 117 Å². The van der Waals surface area contributed by atoms with Gasteiger partial charge in [0.05, 0.1) is 24.2 Å². The van der Waals surface area contributed by atoms with E-state index in [0.29, 0.717) is 36.9 Å². The van der Waals surface area contributed by atoms with Gasteiger partial charge in [0.25, 0.3) is 5.91 Å². The van der Waals surface area contributed by atoms with Crippen molar-refractivity contribution in [1.29, 1.82) is 0 Å². The highest BCUT2D eigenvalue weighted by molar-refractivity contribution is 7.91. The Morgan fingerprint density at radius 2 is 2.00 bits per heavy atom. The highest BCUT2D eigenvalue weighted by atomic mass is 32.2. The summed E-state index contributed by atoms with van der Waals surface area (Å²) >= 11 is 0. The van der Waals surface area contributed by atoms with Gasteiger partial charge in [-0.3, -0.25) is 4.79 Å². The molecule has 0 spiro atoms. The number of fused-ring (bicyclic) bond motifs is 1. The molecule has 0 unspecified atom stereocenters. The van der Waals surface area contributed by atoms with E-state index in [4.69, 9.17) is 18.9 Å². The van der Waals surface area contributed by atoms with E-state index in [1.165, 1.54) is 26.2 Å². The molecule has 1 aromatic rings. The number of rotatable bonds is 5. The average molecular weight is 399 g/mol. The number of sulfone groups is 1. The number of hydrogen-bond acceptors (Lipinski definition) is 8. The van der Waals surface area contributed by atoms with Crippen molar-refractivity contribution in [3.63, 3.8) is 0 Å². The Morgan fingerprint density at radius 3 is 2.67 bits per heavy atom. The summed E-state index contributed by atoms with van der Waals surface area (Å²) in [7, 11) is -1.67. The molecular weight excluding hydrogens is 378 g/mol. The second kappa shape index (κ2) is 7.63. The maximum atomic E-state index is 12.4. The zero-order chi connectivity index (χ0) is 19.6. The van der Waals surface area contributed by atoms with E-state index in [1.54, 1.807) is 0 Å². The van der Waals surface area contributed by atoms with Crippen molar-refractivity contribution in [2.45, 2.75) is 25.5 Å². The summed E-state index contributed by atoms with van der Waals surface area (Å²) in [4.78, 5) is 24.6. The lowest BCUT2D eigenvalue weighted by Crippen LogP contribution is -2.42. The van der Waals surface area contributed by atoms with Crippen LogP contribution in [0.2, 0.25) is 0 Å². The second-order valence-corrected chi connectivity index (χ2v) is 8.59. The van der Waals surface area contributed by atoms with Crippen LogP contribution < -0.4 is 19.5 Å². The van der Waals surface area contributed by atoms with Crippen LogP contribution in [0.4, 0.5) is 0 Å². The fourth-order valence-electron chi connectivity index (χ4n) is 2.90. The first-order chi connectivity index (χ1) is 12.8. The van der Waals surface area contributed by atoms with E-state index < -0.39 is 33.9 Å². The first-order valence-electron chi connectivity index (χ1n) is 8.48. The molecule has 1 fully saturated rings. The summed E-state index contributed by atoms with van der Waals surface area (Å²) in [6, 6.07) is 2.45. The quantitative estimate of drug-likeness (QED) is 0.704. The molecule has 1 amide bonds. The third-order valence-electron chi connectivity index (χ3n) is 4.30. The number of amides is 1. The predicted octanol–water partition coefficient (Wildman–Crippen LogP) is 0.315. The molecule has 2 aliphatic heterocycles. The maximum absolute atomic E-state index is 12.4. The fourth-order valence-corrected chi connectivity index (χ4v) is 4.57. The lowest BCUT2D eigenvalue weighted by atomic mass is 10.1. The first-order valence-corrected chi connectivity index (χ1v) is 10.3. The zero-order valence-electron chi connectivity index (χ0n) is 15.0. The highest BCUT2D eigenvalue weighted by Crippen LogP contribution is 2.40. The molecule has 2 atom stereocenters. The van der Waals surface area contributed by atoms with Crippen molar-refractivity contribution in [3.8, 4) is 17.2 Å². The smallest absolute Gasteiger partial charge is 0.339 e. The summed E-state index contributed by atoms with van der Waals surface area (Å²) < 4.78 is 44.3. The normalized spacial score (nSPS) is 21.2. The molecule has 9 nitrogen and oxygen atoms in total. The van der Waals surface area contributed by atoms with E-state index in [-0.39, 0.29) is 17.1 Å². The summed E-state index contributed by atoms with van der Waals surface area (Å²) in [6.45, 7) is 2.14. The Kier molecular flexibility index (Phi) is 5.45. The van der Waals surface area contributed by atoms with Crippen molar-refractivity contribution < 1.29 is 37.0 Å². The molecule has 2 heterocycles. The molecule has 2 aliphatic rings. The Balaban J connectivity index is 1.65. The minimum atomic E-state index is -3.11. The third kappa shape index (κ3) is 4.44. The van der Waals surface area contributed by atoms with Crippen LogP contribution in [-0.2, 0) is 19.4 Å². The summed E-state index contributed by atoms with van der Waals surface area (Å²) in [5.74, 6) is -0.231. The number of methoxy groups -OCH3 is 1. The molecule has 148 valence electrons. The molecule has 10 heteroatoms. The second-order valence-electron chi connectivity index (χ2n) is 6.36. The van der Waals surface area contributed by atoms with Crippen LogP contribution >= 0.6 is 0 Å². The number of nitrogens with one attached hydrogen (secondary N) is 1. The molecular formula is C17H21NO8S. The minimum absolute atomic E-state index is 0.0447. The van der Waals surface area contributed by atoms with Gasteiger partial charge in [-0.05, 0) is 25.5 Å². The summed E-state index contributed by atoms with van der Waals surface area (Å²) in [6.07, 6.45) is -0.728. The lowest BCUT2D eigenvalue weighted by Gasteiger charge is -2.21. The van der Waals surface area contributed by atoms with Crippen LogP contribution in [0.15, 0.2) is 12.1 Å². The molecule has 0 aromatic heterocycles. The van der Waals surface area contributed by atoms with Crippen molar-refractivity contribution in [2.24, 2.45) is 0 Å². The molecule has 27 heavy (non-hydrogen) atoms. The Labute approximate surface area is 156 Å². The minimum Gasteiger partial charge on any atom is -0.493 e. The van der Waals surface area contributed by atoms with Crippen molar-refractivity contribution in [1.82, 2.24) is 5.32 Å². The Bertz CT molecular complexity index is 833. The largest absolute Gasteiger partial charge is 0.493 e.